The predicted octanol–water partition coefficient (Wildman–Crippen LogP) is 3.04. The third-order valence-corrected chi connectivity index (χ3v) is 3.23. The highest BCUT2D eigenvalue weighted by Crippen LogP contribution is 2.13. The van der Waals surface area contributed by atoms with Gasteiger partial charge in [0.2, 0.25) is 0 Å². The predicted molar refractivity (Wildman–Crippen MR) is 80.0 cm³/mol. The van der Waals surface area contributed by atoms with E-state index < -0.39 is 0 Å². The van der Waals surface area contributed by atoms with E-state index in [9.17, 15) is 4.79 Å². The van der Waals surface area contributed by atoms with Gasteiger partial charge in [-0.3, -0.25) is 0 Å². The van der Waals surface area contributed by atoms with Crippen LogP contribution in [0.1, 0.15) is 32.8 Å². The maximum Gasteiger partial charge on any atom is 0.321 e. The molecular weight excluding hydrogens is 238 g/mol. The van der Waals surface area contributed by atoms with Gasteiger partial charge in [-0.2, -0.15) is 0 Å². The summed E-state index contributed by atoms with van der Waals surface area (Å²) in [6.07, 6.45) is 0.996. The molecular formula is C15H25N3O. The first-order valence-corrected chi connectivity index (χ1v) is 6.76. The Morgan fingerprint density at radius 1 is 1.26 bits per heavy atom. The van der Waals surface area contributed by atoms with Gasteiger partial charge in [0.1, 0.15) is 0 Å². The van der Waals surface area contributed by atoms with Crippen LogP contribution >= 0.6 is 0 Å². The van der Waals surface area contributed by atoms with Crippen molar-refractivity contribution in [3.63, 3.8) is 0 Å². The molecule has 1 aromatic rings. The number of carbonyl (C=O) groups excluding carboxylic acids is 1. The highest BCUT2D eigenvalue weighted by Gasteiger charge is 2.16. The number of hydrogen-bond donors (Lipinski definition) is 2. The normalized spacial score (nSPS) is 12.3. The second kappa shape index (κ2) is 7.14. The Hall–Kier alpha value is -1.55. The summed E-state index contributed by atoms with van der Waals surface area (Å²) in [5.41, 5.74) is 7.39. The van der Waals surface area contributed by atoms with Crippen molar-refractivity contribution in [2.75, 3.05) is 12.4 Å². The molecule has 0 aliphatic carbocycles. The highest BCUT2D eigenvalue weighted by molar-refractivity contribution is 5.89. The van der Waals surface area contributed by atoms with E-state index in [-0.39, 0.29) is 12.1 Å². The van der Waals surface area contributed by atoms with E-state index in [1.54, 1.807) is 4.90 Å². The van der Waals surface area contributed by atoms with Crippen LogP contribution in [-0.2, 0) is 6.54 Å². The summed E-state index contributed by atoms with van der Waals surface area (Å²) in [6.45, 7) is 6.90. The first-order chi connectivity index (χ1) is 8.93. The molecule has 1 atom stereocenters. The number of urea groups is 1. The van der Waals surface area contributed by atoms with Crippen LogP contribution in [0.3, 0.4) is 0 Å². The Morgan fingerprint density at radius 3 is 2.32 bits per heavy atom. The molecule has 1 unspecified atom stereocenters. The lowest BCUT2D eigenvalue weighted by atomic mass is 10.0. The number of benzene rings is 1. The number of rotatable bonds is 5. The van der Waals surface area contributed by atoms with Gasteiger partial charge in [-0.25, -0.2) is 4.79 Å². The van der Waals surface area contributed by atoms with E-state index in [4.69, 9.17) is 5.73 Å². The van der Waals surface area contributed by atoms with Gasteiger partial charge < -0.3 is 16.0 Å². The van der Waals surface area contributed by atoms with Crippen molar-refractivity contribution in [3.05, 3.63) is 29.8 Å². The van der Waals surface area contributed by atoms with Crippen LogP contribution in [0, 0.1) is 5.92 Å². The Labute approximate surface area is 116 Å². The molecule has 0 heterocycles. The maximum atomic E-state index is 12.1. The second-order valence-corrected chi connectivity index (χ2v) is 5.42. The van der Waals surface area contributed by atoms with Gasteiger partial charge in [-0.1, -0.05) is 26.0 Å². The van der Waals surface area contributed by atoms with Crippen molar-refractivity contribution in [2.45, 2.75) is 39.8 Å². The summed E-state index contributed by atoms with van der Waals surface area (Å²) < 4.78 is 0. The van der Waals surface area contributed by atoms with Gasteiger partial charge in [0, 0.05) is 25.3 Å². The van der Waals surface area contributed by atoms with E-state index in [2.05, 4.69) is 26.1 Å². The molecule has 106 valence electrons. The first-order valence-electron chi connectivity index (χ1n) is 6.76. The fourth-order valence-corrected chi connectivity index (χ4v) is 1.98. The van der Waals surface area contributed by atoms with E-state index in [0.29, 0.717) is 12.5 Å². The molecule has 0 bridgehead atoms. The van der Waals surface area contributed by atoms with Gasteiger partial charge >= 0.3 is 6.03 Å². The maximum absolute atomic E-state index is 12.1. The number of hydrogen-bond acceptors (Lipinski definition) is 2. The summed E-state index contributed by atoms with van der Waals surface area (Å²) >= 11 is 0. The largest absolute Gasteiger partial charge is 0.326 e. The highest BCUT2D eigenvalue weighted by atomic mass is 16.2. The monoisotopic (exact) mass is 263 g/mol. The Balaban J connectivity index is 2.57. The summed E-state index contributed by atoms with van der Waals surface area (Å²) in [5.74, 6) is 0.578. The number of carbonyl (C=O) groups is 1. The average Bonchev–Trinajstić information content (AvgIpc) is 2.37. The molecule has 2 amide bonds. The van der Waals surface area contributed by atoms with E-state index in [1.807, 2.05) is 31.3 Å². The summed E-state index contributed by atoms with van der Waals surface area (Å²) in [7, 11) is 1.83. The lowest BCUT2D eigenvalue weighted by Gasteiger charge is -2.26. The zero-order valence-electron chi connectivity index (χ0n) is 12.3. The summed E-state index contributed by atoms with van der Waals surface area (Å²) in [6, 6.07) is 7.75. The second-order valence-electron chi connectivity index (χ2n) is 5.42. The Bertz CT molecular complexity index is 400. The third-order valence-electron chi connectivity index (χ3n) is 3.23. The summed E-state index contributed by atoms with van der Waals surface area (Å²) in [4.78, 5) is 13.8. The number of anilines is 1. The Morgan fingerprint density at radius 2 is 1.84 bits per heavy atom. The van der Waals surface area contributed by atoms with Gasteiger partial charge in [0.15, 0.2) is 0 Å². The smallest absolute Gasteiger partial charge is 0.321 e. The molecule has 3 N–H and O–H groups in total. The average molecular weight is 263 g/mol. The molecule has 0 aromatic heterocycles. The van der Waals surface area contributed by atoms with Crippen LogP contribution in [0.4, 0.5) is 10.5 Å². The molecule has 0 aliphatic rings. The lowest BCUT2D eigenvalue weighted by molar-refractivity contribution is 0.200. The SMILES string of the molecule is CC(C)CC(C)N(C)C(=O)Nc1ccc(CN)cc1. The Kier molecular flexibility index (Phi) is 5.83. The molecule has 1 aromatic carbocycles. The molecule has 19 heavy (non-hydrogen) atoms. The van der Waals surface area contributed by atoms with Gasteiger partial charge in [-0.15, -0.1) is 0 Å². The molecule has 0 aliphatic heterocycles. The van der Waals surface area contributed by atoms with E-state index in [1.165, 1.54) is 0 Å². The minimum absolute atomic E-state index is 0.0753. The van der Waals surface area contributed by atoms with Crippen molar-refractivity contribution in [1.29, 1.82) is 0 Å². The van der Waals surface area contributed by atoms with Crippen LogP contribution < -0.4 is 11.1 Å². The van der Waals surface area contributed by atoms with Gasteiger partial charge in [0.05, 0.1) is 0 Å². The van der Waals surface area contributed by atoms with E-state index >= 15 is 0 Å². The number of nitrogens with zero attached hydrogens (tertiary/aromatic N) is 1. The lowest BCUT2D eigenvalue weighted by Crippen LogP contribution is -2.38. The molecule has 4 heteroatoms. The standard InChI is InChI=1S/C15H25N3O/c1-11(2)9-12(3)18(4)15(19)17-14-7-5-13(10-16)6-8-14/h5-8,11-12H,9-10,16H2,1-4H3,(H,17,19). The fourth-order valence-electron chi connectivity index (χ4n) is 1.98. The first kappa shape index (κ1) is 15.5. The number of nitrogens with one attached hydrogen (secondary N) is 1. The van der Waals surface area contributed by atoms with E-state index in [0.717, 1.165) is 17.7 Å². The topological polar surface area (TPSA) is 58.4 Å². The van der Waals surface area contributed by atoms with Crippen LogP contribution in [0.15, 0.2) is 24.3 Å². The van der Waals surface area contributed by atoms with Gasteiger partial charge in [-0.05, 0) is 37.0 Å². The van der Waals surface area contributed by atoms with Crippen molar-refractivity contribution in [3.8, 4) is 0 Å². The number of nitrogens with two attached hydrogens (primary N) is 1. The molecule has 0 fully saturated rings. The van der Waals surface area contributed by atoms with Crippen molar-refractivity contribution >= 4 is 11.7 Å². The fraction of sp³-hybridized carbons (Fsp3) is 0.533. The van der Waals surface area contributed by atoms with Crippen molar-refractivity contribution in [1.82, 2.24) is 4.90 Å². The number of amides is 2. The third kappa shape index (κ3) is 4.91. The summed E-state index contributed by atoms with van der Waals surface area (Å²) in [5, 5.41) is 2.89. The molecule has 0 saturated heterocycles. The zero-order valence-corrected chi connectivity index (χ0v) is 12.3. The van der Waals surface area contributed by atoms with Crippen LogP contribution in [0.25, 0.3) is 0 Å². The van der Waals surface area contributed by atoms with Crippen molar-refractivity contribution < 1.29 is 4.79 Å². The van der Waals surface area contributed by atoms with Gasteiger partial charge in [0.25, 0.3) is 0 Å². The molecule has 1 rings (SSSR count). The van der Waals surface area contributed by atoms with Crippen molar-refractivity contribution in [2.24, 2.45) is 11.7 Å². The molecule has 4 nitrogen and oxygen atoms in total. The molecule has 0 saturated carbocycles. The van der Waals surface area contributed by atoms with Crippen LogP contribution in [0.2, 0.25) is 0 Å². The quantitative estimate of drug-likeness (QED) is 0.857. The minimum atomic E-state index is -0.0753. The zero-order chi connectivity index (χ0) is 14.4. The van der Waals surface area contributed by atoms with Crippen LogP contribution in [0.5, 0.6) is 0 Å². The minimum Gasteiger partial charge on any atom is -0.326 e. The van der Waals surface area contributed by atoms with Crippen LogP contribution in [-0.4, -0.2) is 24.0 Å². The molecule has 0 radical (unpaired) electrons. The molecule has 0 spiro atoms.